The maximum atomic E-state index is 11.2. The summed E-state index contributed by atoms with van der Waals surface area (Å²) in [5.74, 6) is 0. The first-order valence-corrected chi connectivity index (χ1v) is 3.93. The van der Waals surface area contributed by atoms with Crippen LogP contribution in [0.1, 0.15) is 0 Å². The number of H-pyrrole nitrogens is 1. The third-order valence-electron chi connectivity index (χ3n) is 1.51. The van der Waals surface area contributed by atoms with E-state index in [1.807, 2.05) is 6.07 Å². The highest BCUT2D eigenvalue weighted by Crippen LogP contribution is 2.08. The van der Waals surface area contributed by atoms with E-state index >= 15 is 0 Å². The molecule has 0 amide bonds. The molecule has 0 saturated carbocycles. The van der Waals surface area contributed by atoms with E-state index in [0.717, 1.165) is 10.3 Å². The van der Waals surface area contributed by atoms with Gasteiger partial charge < -0.3 is 4.98 Å². The summed E-state index contributed by atoms with van der Waals surface area (Å²) in [4.78, 5) is 14.1. The highest BCUT2D eigenvalue weighted by Gasteiger charge is 1.98. The summed E-state index contributed by atoms with van der Waals surface area (Å²) in [5, 5.41) is 0. The molecule has 0 aliphatic carbocycles. The van der Waals surface area contributed by atoms with Gasteiger partial charge >= 0.3 is 0 Å². The summed E-state index contributed by atoms with van der Waals surface area (Å²) in [6.45, 7) is 0. The van der Waals surface area contributed by atoms with E-state index in [4.69, 9.17) is 0 Å². The minimum atomic E-state index is -0.0318. The number of aromatic amines is 1. The van der Waals surface area contributed by atoms with Gasteiger partial charge in [-0.2, -0.15) is 0 Å². The Morgan fingerprint density at radius 1 is 1.45 bits per heavy atom. The molecular weight excluding hydrogens is 208 g/mol. The van der Waals surface area contributed by atoms with E-state index in [0.29, 0.717) is 0 Å². The zero-order chi connectivity index (χ0) is 7.84. The SMILES string of the molecule is O=c1cccc2[nH]cc(Br)n12. The van der Waals surface area contributed by atoms with Crippen molar-refractivity contribution in [2.24, 2.45) is 0 Å². The molecule has 0 aromatic carbocycles. The van der Waals surface area contributed by atoms with Gasteiger partial charge in [0.15, 0.2) is 0 Å². The monoisotopic (exact) mass is 212 g/mol. The predicted octanol–water partition coefficient (Wildman–Crippen LogP) is 1.39. The van der Waals surface area contributed by atoms with Gasteiger partial charge in [0.2, 0.25) is 0 Å². The number of pyridine rings is 1. The molecule has 0 unspecified atom stereocenters. The summed E-state index contributed by atoms with van der Waals surface area (Å²) in [6, 6.07) is 5.08. The lowest BCUT2D eigenvalue weighted by Crippen LogP contribution is -2.09. The molecule has 2 heterocycles. The molecule has 2 rings (SSSR count). The number of imidazole rings is 1. The summed E-state index contributed by atoms with van der Waals surface area (Å²) in [6.07, 6.45) is 1.73. The standard InChI is InChI=1S/C7H5BrN2O/c8-5-4-9-6-2-1-3-7(11)10(5)6/h1-4,9H. The number of fused-ring (bicyclic) bond motifs is 1. The second-order valence-corrected chi connectivity index (χ2v) is 3.01. The van der Waals surface area contributed by atoms with Crippen molar-refractivity contribution in [3.8, 4) is 0 Å². The molecule has 0 spiro atoms. The van der Waals surface area contributed by atoms with Crippen LogP contribution in [0.5, 0.6) is 0 Å². The van der Waals surface area contributed by atoms with Crippen LogP contribution in [-0.4, -0.2) is 9.38 Å². The third kappa shape index (κ3) is 0.903. The number of hydrogen-bond donors (Lipinski definition) is 1. The van der Waals surface area contributed by atoms with E-state index < -0.39 is 0 Å². The number of nitrogens with one attached hydrogen (secondary N) is 1. The summed E-state index contributed by atoms with van der Waals surface area (Å²) >= 11 is 3.25. The minimum Gasteiger partial charge on any atom is -0.345 e. The number of rotatable bonds is 0. The largest absolute Gasteiger partial charge is 0.345 e. The Morgan fingerprint density at radius 3 is 3.00 bits per heavy atom. The van der Waals surface area contributed by atoms with E-state index in [9.17, 15) is 4.79 Å². The van der Waals surface area contributed by atoms with Crippen molar-refractivity contribution in [1.82, 2.24) is 9.38 Å². The van der Waals surface area contributed by atoms with Crippen LogP contribution in [0.15, 0.2) is 33.8 Å². The van der Waals surface area contributed by atoms with Crippen LogP contribution in [-0.2, 0) is 0 Å². The average molecular weight is 213 g/mol. The first kappa shape index (κ1) is 6.67. The summed E-state index contributed by atoms with van der Waals surface area (Å²) in [7, 11) is 0. The molecular formula is C7H5BrN2O. The molecule has 0 atom stereocenters. The lowest BCUT2D eigenvalue weighted by Gasteiger charge is -1.90. The van der Waals surface area contributed by atoms with E-state index in [2.05, 4.69) is 20.9 Å². The summed E-state index contributed by atoms with van der Waals surface area (Å²) < 4.78 is 2.30. The first-order chi connectivity index (χ1) is 5.29. The Balaban J connectivity index is 3.08. The zero-order valence-electron chi connectivity index (χ0n) is 5.54. The Morgan fingerprint density at radius 2 is 2.27 bits per heavy atom. The zero-order valence-corrected chi connectivity index (χ0v) is 7.13. The molecule has 0 aliphatic rings. The van der Waals surface area contributed by atoms with Gasteiger partial charge in [0.05, 0.1) is 0 Å². The summed E-state index contributed by atoms with van der Waals surface area (Å²) in [5.41, 5.74) is 0.764. The highest BCUT2D eigenvalue weighted by molar-refractivity contribution is 9.10. The van der Waals surface area contributed by atoms with Gasteiger partial charge in [-0.05, 0) is 22.0 Å². The highest BCUT2D eigenvalue weighted by atomic mass is 79.9. The molecule has 0 bridgehead atoms. The van der Waals surface area contributed by atoms with Crippen molar-refractivity contribution in [1.29, 1.82) is 0 Å². The molecule has 0 aliphatic heterocycles. The fraction of sp³-hybridized carbons (Fsp3) is 0. The van der Waals surface area contributed by atoms with Crippen molar-refractivity contribution >= 4 is 21.6 Å². The van der Waals surface area contributed by atoms with Gasteiger partial charge in [0.1, 0.15) is 10.3 Å². The van der Waals surface area contributed by atoms with Crippen LogP contribution in [0.4, 0.5) is 0 Å². The van der Waals surface area contributed by atoms with Gasteiger partial charge in [0, 0.05) is 12.3 Å². The molecule has 0 fully saturated rings. The molecule has 11 heavy (non-hydrogen) atoms. The molecule has 56 valence electrons. The molecule has 0 saturated heterocycles. The lowest BCUT2D eigenvalue weighted by molar-refractivity contribution is 1.09. The Hall–Kier alpha value is -1.03. The third-order valence-corrected chi connectivity index (χ3v) is 2.09. The number of hydrogen-bond acceptors (Lipinski definition) is 1. The normalized spacial score (nSPS) is 10.6. The maximum Gasteiger partial charge on any atom is 0.257 e. The van der Waals surface area contributed by atoms with Crippen molar-refractivity contribution in [2.75, 3.05) is 0 Å². The van der Waals surface area contributed by atoms with Crippen LogP contribution in [0.3, 0.4) is 0 Å². The molecule has 2 aromatic rings. The lowest BCUT2D eigenvalue weighted by atomic mass is 10.5. The molecule has 0 radical (unpaired) electrons. The maximum absolute atomic E-state index is 11.2. The van der Waals surface area contributed by atoms with Crippen molar-refractivity contribution in [3.05, 3.63) is 39.4 Å². The first-order valence-electron chi connectivity index (χ1n) is 3.14. The van der Waals surface area contributed by atoms with E-state index in [1.165, 1.54) is 6.07 Å². The number of nitrogens with zero attached hydrogens (tertiary/aromatic N) is 1. The van der Waals surface area contributed by atoms with E-state index in [1.54, 1.807) is 16.7 Å². The van der Waals surface area contributed by atoms with Crippen LogP contribution >= 0.6 is 15.9 Å². The fourth-order valence-corrected chi connectivity index (χ4v) is 1.50. The molecule has 3 nitrogen and oxygen atoms in total. The van der Waals surface area contributed by atoms with Gasteiger partial charge in [-0.1, -0.05) is 6.07 Å². The van der Waals surface area contributed by atoms with Crippen LogP contribution in [0.25, 0.3) is 5.65 Å². The molecule has 1 N–H and O–H groups in total. The second-order valence-electron chi connectivity index (χ2n) is 2.20. The predicted molar refractivity (Wildman–Crippen MR) is 45.7 cm³/mol. The van der Waals surface area contributed by atoms with Crippen LogP contribution in [0, 0.1) is 0 Å². The molecule has 4 heteroatoms. The fourth-order valence-electron chi connectivity index (χ4n) is 1.02. The Labute approximate surface area is 70.8 Å². The van der Waals surface area contributed by atoms with Crippen molar-refractivity contribution < 1.29 is 0 Å². The van der Waals surface area contributed by atoms with E-state index in [-0.39, 0.29) is 5.56 Å². The number of halogens is 1. The van der Waals surface area contributed by atoms with Gasteiger partial charge in [-0.25, -0.2) is 0 Å². The quantitative estimate of drug-likeness (QED) is 0.705. The van der Waals surface area contributed by atoms with Gasteiger partial charge in [0.25, 0.3) is 5.56 Å². The Kier molecular flexibility index (Phi) is 1.35. The van der Waals surface area contributed by atoms with Crippen molar-refractivity contribution in [3.63, 3.8) is 0 Å². The van der Waals surface area contributed by atoms with Gasteiger partial charge in [-0.3, -0.25) is 9.20 Å². The topological polar surface area (TPSA) is 37.3 Å². The minimum absolute atomic E-state index is 0.0318. The molecule has 2 aromatic heterocycles. The number of aromatic nitrogens is 2. The van der Waals surface area contributed by atoms with Crippen LogP contribution in [0.2, 0.25) is 0 Å². The average Bonchev–Trinajstić information content (AvgIpc) is 2.34. The van der Waals surface area contributed by atoms with Crippen LogP contribution < -0.4 is 5.56 Å². The Bertz CT molecular complexity index is 443. The second kappa shape index (κ2) is 2.23. The smallest absolute Gasteiger partial charge is 0.257 e. The van der Waals surface area contributed by atoms with Gasteiger partial charge in [-0.15, -0.1) is 0 Å². The van der Waals surface area contributed by atoms with Crippen molar-refractivity contribution in [2.45, 2.75) is 0 Å².